The van der Waals surface area contributed by atoms with Crippen LogP contribution < -0.4 is 0 Å². The molecule has 0 fully saturated rings. The van der Waals surface area contributed by atoms with Crippen molar-refractivity contribution >= 4 is 5.57 Å². The van der Waals surface area contributed by atoms with Gasteiger partial charge in [0.1, 0.15) is 0 Å². The second-order valence-electron chi connectivity index (χ2n) is 3.13. The standard InChI is InChI=1S/C13H14O/c1-11(2)13-8-6-12(7-9-13)5-3-4-10-14/h6-9,14H,1,4,10H2,2H3. The zero-order valence-electron chi connectivity index (χ0n) is 8.38. The molecule has 1 N–H and O–H groups in total. The molecule has 0 saturated carbocycles. The first kappa shape index (κ1) is 10.6. The van der Waals surface area contributed by atoms with Crippen molar-refractivity contribution in [1.82, 2.24) is 0 Å². The highest BCUT2D eigenvalue weighted by molar-refractivity contribution is 5.61. The summed E-state index contributed by atoms with van der Waals surface area (Å²) in [7, 11) is 0. The number of aliphatic hydroxyl groups excluding tert-OH is 1. The van der Waals surface area contributed by atoms with E-state index in [4.69, 9.17) is 5.11 Å². The van der Waals surface area contributed by atoms with Gasteiger partial charge < -0.3 is 5.11 Å². The molecular weight excluding hydrogens is 172 g/mol. The van der Waals surface area contributed by atoms with Gasteiger partial charge in [0.2, 0.25) is 0 Å². The first-order valence-electron chi connectivity index (χ1n) is 4.59. The summed E-state index contributed by atoms with van der Waals surface area (Å²) in [6.07, 6.45) is 0.530. The highest BCUT2D eigenvalue weighted by Gasteiger charge is 1.91. The van der Waals surface area contributed by atoms with Crippen molar-refractivity contribution in [2.24, 2.45) is 0 Å². The Morgan fingerprint density at radius 1 is 1.36 bits per heavy atom. The van der Waals surface area contributed by atoms with E-state index in [9.17, 15) is 0 Å². The number of benzene rings is 1. The van der Waals surface area contributed by atoms with E-state index in [1.807, 2.05) is 31.2 Å². The molecule has 0 spiro atoms. The predicted octanol–water partition coefficient (Wildman–Crippen LogP) is 2.45. The fourth-order valence-corrected chi connectivity index (χ4v) is 1.06. The van der Waals surface area contributed by atoms with Crippen LogP contribution in [0.25, 0.3) is 5.57 Å². The van der Waals surface area contributed by atoms with Crippen LogP contribution in [0.1, 0.15) is 24.5 Å². The summed E-state index contributed by atoms with van der Waals surface area (Å²) in [6.45, 7) is 5.96. The summed E-state index contributed by atoms with van der Waals surface area (Å²) in [5.41, 5.74) is 3.17. The van der Waals surface area contributed by atoms with Crippen LogP contribution in [0, 0.1) is 11.8 Å². The Balaban J connectivity index is 2.75. The van der Waals surface area contributed by atoms with Crippen molar-refractivity contribution < 1.29 is 5.11 Å². The fraction of sp³-hybridized carbons (Fsp3) is 0.231. The lowest BCUT2D eigenvalue weighted by Crippen LogP contribution is -1.80. The highest BCUT2D eigenvalue weighted by atomic mass is 16.2. The zero-order chi connectivity index (χ0) is 10.4. The third kappa shape index (κ3) is 3.08. The van der Waals surface area contributed by atoms with Gasteiger partial charge in [-0.05, 0) is 24.6 Å². The SMILES string of the molecule is C=C(C)c1ccc(C#CCCO)cc1. The molecule has 0 radical (unpaired) electrons. The summed E-state index contributed by atoms with van der Waals surface area (Å²) < 4.78 is 0. The normalized spacial score (nSPS) is 9.00. The van der Waals surface area contributed by atoms with Crippen LogP contribution in [0.3, 0.4) is 0 Å². The van der Waals surface area contributed by atoms with E-state index in [0.717, 1.165) is 16.7 Å². The molecule has 72 valence electrons. The third-order valence-electron chi connectivity index (χ3n) is 1.85. The number of allylic oxidation sites excluding steroid dienone is 1. The third-order valence-corrected chi connectivity index (χ3v) is 1.85. The Morgan fingerprint density at radius 3 is 2.50 bits per heavy atom. The maximum absolute atomic E-state index is 8.55. The molecule has 0 aromatic heterocycles. The molecule has 0 aliphatic rings. The van der Waals surface area contributed by atoms with Gasteiger partial charge in [-0.25, -0.2) is 0 Å². The van der Waals surface area contributed by atoms with Crippen molar-refractivity contribution in [1.29, 1.82) is 0 Å². The van der Waals surface area contributed by atoms with Gasteiger partial charge in [-0.1, -0.05) is 36.1 Å². The van der Waals surface area contributed by atoms with E-state index in [1.165, 1.54) is 0 Å². The fourth-order valence-electron chi connectivity index (χ4n) is 1.06. The topological polar surface area (TPSA) is 20.2 Å². The second kappa shape index (κ2) is 5.26. The average Bonchev–Trinajstić information content (AvgIpc) is 2.19. The minimum absolute atomic E-state index is 0.122. The molecule has 1 heteroatoms. The zero-order valence-corrected chi connectivity index (χ0v) is 8.38. The Bertz CT molecular complexity index is 362. The van der Waals surface area contributed by atoms with Crippen molar-refractivity contribution in [2.75, 3.05) is 6.61 Å². The Hall–Kier alpha value is -1.52. The van der Waals surface area contributed by atoms with Crippen molar-refractivity contribution in [3.63, 3.8) is 0 Å². The van der Waals surface area contributed by atoms with E-state index in [-0.39, 0.29) is 6.61 Å². The number of aliphatic hydroxyl groups is 1. The first-order valence-corrected chi connectivity index (χ1v) is 4.59. The van der Waals surface area contributed by atoms with Gasteiger partial charge in [0.15, 0.2) is 0 Å². The van der Waals surface area contributed by atoms with Crippen molar-refractivity contribution in [3.8, 4) is 11.8 Å². The summed E-state index contributed by atoms with van der Waals surface area (Å²) in [6, 6.07) is 7.94. The molecule has 1 rings (SSSR count). The molecule has 0 aliphatic heterocycles. The van der Waals surface area contributed by atoms with Crippen LogP contribution in [0.4, 0.5) is 0 Å². The quantitative estimate of drug-likeness (QED) is 0.703. The Kier molecular flexibility index (Phi) is 3.97. The lowest BCUT2D eigenvalue weighted by Gasteiger charge is -1.98. The molecule has 1 nitrogen and oxygen atoms in total. The minimum atomic E-state index is 0.122. The molecule has 0 atom stereocenters. The van der Waals surface area contributed by atoms with Gasteiger partial charge in [0, 0.05) is 12.0 Å². The maximum Gasteiger partial charge on any atom is 0.0540 e. The van der Waals surface area contributed by atoms with Crippen LogP contribution in [-0.2, 0) is 0 Å². The van der Waals surface area contributed by atoms with Crippen LogP contribution in [0.15, 0.2) is 30.8 Å². The molecule has 1 aromatic carbocycles. The minimum Gasteiger partial charge on any atom is -0.395 e. The Labute approximate surface area is 85.1 Å². The molecule has 1 aromatic rings. The predicted molar refractivity (Wildman–Crippen MR) is 59.7 cm³/mol. The summed E-state index contributed by atoms with van der Waals surface area (Å²) in [5.74, 6) is 5.85. The van der Waals surface area contributed by atoms with E-state index < -0.39 is 0 Å². The molecule has 0 heterocycles. The van der Waals surface area contributed by atoms with Crippen LogP contribution in [-0.4, -0.2) is 11.7 Å². The monoisotopic (exact) mass is 186 g/mol. The first-order chi connectivity index (χ1) is 6.74. The van der Waals surface area contributed by atoms with Crippen LogP contribution >= 0.6 is 0 Å². The van der Waals surface area contributed by atoms with E-state index in [2.05, 4.69) is 18.4 Å². The van der Waals surface area contributed by atoms with E-state index in [1.54, 1.807) is 0 Å². The van der Waals surface area contributed by atoms with Gasteiger partial charge in [0.25, 0.3) is 0 Å². The number of rotatable bonds is 2. The summed E-state index contributed by atoms with van der Waals surface area (Å²) in [5, 5.41) is 8.55. The van der Waals surface area contributed by atoms with Crippen LogP contribution in [0.2, 0.25) is 0 Å². The molecule has 0 bridgehead atoms. The Morgan fingerprint density at radius 2 is 2.00 bits per heavy atom. The van der Waals surface area contributed by atoms with Gasteiger partial charge in [0.05, 0.1) is 6.61 Å². The molecule has 0 saturated heterocycles. The van der Waals surface area contributed by atoms with E-state index >= 15 is 0 Å². The van der Waals surface area contributed by atoms with Gasteiger partial charge in [-0.3, -0.25) is 0 Å². The van der Waals surface area contributed by atoms with Gasteiger partial charge in [-0.15, -0.1) is 0 Å². The lowest BCUT2D eigenvalue weighted by molar-refractivity contribution is 0.305. The summed E-state index contributed by atoms with van der Waals surface area (Å²) >= 11 is 0. The molecule has 0 unspecified atom stereocenters. The summed E-state index contributed by atoms with van der Waals surface area (Å²) in [4.78, 5) is 0. The number of hydrogen-bond acceptors (Lipinski definition) is 1. The van der Waals surface area contributed by atoms with Crippen LogP contribution in [0.5, 0.6) is 0 Å². The number of hydrogen-bond donors (Lipinski definition) is 1. The highest BCUT2D eigenvalue weighted by Crippen LogP contribution is 2.11. The molecule has 0 aliphatic carbocycles. The second-order valence-corrected chi connectivity index (χ2v) is 3.13. The largest absolute Gasteiger partial charge is 0.395 e. The molecule has 14 heavy (non-hydrogen) atoms. The smallest absolute Gasteiger partial charge is 0.0540 e. The van der Waals surface area contributed by atoms with Crippen molar-refractivity contribution in [2.45, 2.75) is 13.3 Å². The maximum atomic E-state index is 8.55. The molecular formula is C13H14O. The lowest BCUT2D eigenvalue weighted by atomic mass is 10.1. The molecule has 0 amide bonds. The van der Waals surface area contributed by atoms with Gasteiger partial charge in [-0.2, -0.15) is 0 Å². The van der Waals surface area contributed by atoms with Gasteiger partial charge >= 0.3 is 0 Å². The average molecular weight is 186 g/mol. The van der Waals surface area contributed by atoms with Crippen molar-refractivity contribution in [3.05, 3.63) is 42.0 Å². The van der Waals surface area contributed by atoms with E-state index in [0.29, 0.717) is 6.42 Å².